The van der Waals surface area contributed by atoms with E-state index in [4.69, 9.17) is 27.6 Å². The number of aromatic nitrogens is 1. The maximum atomic E-state index is 13.1. The third kappa shape index (κ3) is 3.64. The molecule has 3 aromatic rings. The molecular weight excluding hydrogens is 431 g/mol. The van der Waals surface area contributed by atoms with Crippen molar-refractivity contribution in [2.24, 2.45) is 23.2 Å². The molecule has 4 bridgehead atoms. The van der Waals surface area contributed by atoms with E-state index in [1.54, 1.807) is 24.3 Å². The molecule has 0 aliphatic heterocycles. The van der Waals surface area contributed by atoms with Crippen LogP contribution in [0.2, 0.25) is 10.0 Å². The maximum Gasteiger partial charge on any atom is 0.227 e. The van der Waals surface area contributed by atoms with Crippen molar-refractivity contribution in [1.82, 2.24) is 4.98 Å². The second kappa shape index (κ2) is 7.25. The minimum absolute atomic E-state index is 0.0605. The Bertz CT molecular complexity index is 1150. The van der Waals surface area contributed by atoms with Gasteiger partial charge in [0.05, 0.1) is 10.7 Å². The second-order valence-corrected chi connectivity index (χ2v) is 10.8. The van der Waals surface area contributed by atoms with Crippen molar-refractivity contribution in [3.05, 3.63) is 46.4 Å². The highest BCUT2D eigenvalue weighted by atomic mass is 35.5. The zero-order valence-corrected chi connectivity index (χ0v) is 18.7. The molecule has 1 amide bonds. The van der Waals surface area contributed by atoms with Gasteiger partial charge in [-0.05, 0) is 98.1 Å². The van der Waals surface area contributed by atoms with E-state index in [1.807, 2.05) is 12.1 Å². The van der Waals surface area contributed by atoms with Crippen molar-refractivity contribution in [2.75, 3.05) is 5.32 Å². The molecule has 4 aliphatic carbocycles. The number of benzene rings is 2. The van der Waals surface area contributed by atoms with Crippen molar-refractivity contribution in [1.29, 1.82) is 0 Å². The molecule has 0 spiro atoms. The lowest BCUT2D eigenvalue weighted by atomic mass is 9.49. The summed E-state index contributed by atoms with van der Waals surface area (Å²) in [6.45, 7) is 0. The molecule has 0 atom stereocenters. The number of halogens is 2. The minimum Gasteiger partial charge on any atom is -0.436 e. The normalized spacial score (nSPS) is 28.9. The van der Waals surface area contributed by atoms with Crippen LogP contribution in [0.1, 0.15) is 44.9 Å². The van der Waals surface area contributed by atoms with Crippen LogP contribution in [0.4, 0.5) is 5.69 Å². The fraction of sp³-hybridized carbons (Fsp3) is 0.440. The van der Waals surface area contributed by atoms with Crippen molar-refractivity contribution < 1.29 is 9.21 Å². The molecule has 0 saturated heterocycles. The average molecular weight is 455 g/mol. The Morgan fingerprint density at radius 2 is 1.74 bits per heavy atom. The Kier molecular flexibility index (Phi) is 4.59. The summed E-state index contributed by atoms with van der Waals surface area (Å²) < 4.78 is 5.87. The highest BCUT2D eigenvalue weighted by Crippen LogP contribution is 2.61. The number of amides is 1. The van der Waals surface area contributed by atoms with Crippen LogP contribution in [0, 0.1) is 23.2 Å². The molecule has 0 unspecified atom stereocenters. The van der Waals surface area contributed by atoms with Gasteiger partial charge in [0.1, 0.15) is 5.52 Å². The van der Waals surface area contributed by atoms with Crippen LogP contribution in [-0.2, 0) is 4.79 Å². The number of carbonyl (C=O) groups is 1. The van der Waals surface area contributed by atoms with Crippen LogP contribution >= 0.6 is 23.2 Å². The number of carbonyl (C=O) groups excluding carboxylic acids is 1. The number of hydrogen-bond acceptors (Lipinski definition) is 3. The average Bonchev–Trinajstić information content (AvgIpc) is 3.11. The van der Waals surface area contributed by atoms with Crippen LogP contribution in [0.15, 0.2) is 40.8 Å². The van der Waals surface area contributed by atoms with Gasteiger partial charge in [0.15, 0.2) is 5.58 Å². The van der Waals surface area contributed by atoms with Gasteiger partial charge in [-0.3, -0.25) is 4.79 Å². The van der Waals surface area contributed by atoms with Crippen molar-refractivity contribution in [2.45, 2.75) is 44.9 Å². The maximum absolute atomic E-state index is 13.1. The van der Waals surface area contributed by atoms with Crippen LogP contribution in [0.5, 0.6) is 0 Å². The Morgan fingerprint density at radius 3 is 2.45 bits per heavy atom. The summed E-state index contributed by atoms with van der Waals surface area (Å²) in [5.74, 6) is 3.03. The predicted molar refractivity (Wildman–Crippen MR) is 123 cm³/mol. The van der Waals surface area contributed by atoms with Gasteiger partial charge in [0.2, 0.25) is 11.8 Å². The molecule has 4 nitrogen and oxygen atoms in total. The van der Waals surface area contributed by atoms with E-state index in [2.05, 4.69) is 10.3 Å². The summed E-state index contributed by atoms with van der Waals surface area (Å²) in [4.78, 5) is 17.6. The Morgan fingerprint density at radius 1 is 1.03 bits per heavy atom. The first-order chi connectivity index (χ1) is 14.9. The van der Waals surface area contributed by atoms with Crippen molar-refractivity contribution in [3.8, 4) is 11.5 Å². The summed E-state index contributed by atoms with van der Waals surface area (Å²) in [6.07, 6.45) is 8.38. The summed E-state index contributed by atoms with van der Waals surface area (Å²) in [6, 6.07) is 10.8. The van der Waals surface area contributed by atoms with Gasteiger partial charge in [0.25, 0.3) is 0 Å². The second-order valence-electron chi connectivity index (χ2n) is 9.97. The molecule has 160 valence electrons. The third-order valence-corrected chi connectivity index (χ3v) is 8.10. The highest BCUT2D eigenvalue weighted by molar-refractivity contribution is 6.33. The molecule has 4 fully saturated rings. The molecule has 6 heteroatoms. The third-order valence-electron chi connectivity index (χ3n) is 7.54. The number of oxazole rings is 1. The summed E-state index contributed by atoms with van der Waals surface area (Å²) in [5, 5.41) is 4.20. The van der Waals surface area contributed by atoms with E-state index in [9.17, 15) is 4.79 Å². The first kappa shape index (κ1) is 19.6. The molecule has 1 aromatic heterocycles. The lowest BCUT2D eigenvalue weighted by Gasteiger charge is -2.56. The fourth-order valence-corrected chi connectivity index (χ4v) is 7.15. The molecule has 2 aromatic carbocycles. The van der Waals surface area contributed by atoms with E-state index < -0.39 is 0 Å². The Balaban J connectivity index is 1.23. The first-order valence-electron chi connectivity index (χ1n) is 11.1. The van der Waals surface area contributed by atoms with Gasteiger partial charge >= 0.3 is 0 Å². The zero-order valence-electron chi connectivity index (χ0n) is 17.2. The Hall–Kier alpha value is -2.04. The van der Waals surface area contributed by atoms with Crippen LogP contribution in [0.25, 0.3) is 22.6 Å². The summed E-state index contributed by atoms with van der Waals surface area (Å²) in [7, 11) is 0. The van der Waals surface area contributed by atoms with Gasteiger partial charge in [-0.2, -0.15) is 0 Å². The predicted octanol–water partition coefficient (Wildman–Crippen LogP) is 7.35. The lowest BCUT2D eigenvalue weighted by Crippen LogP contribution is -2.47. The minimum atomic E-state index is 0.0605. The standard InChI is InChI=1S/C25H24Cl2N2O2/c26-18-2-4-22-21(9-18)29-24(31-22)17-1-3-19(27)20(8-17)28-23(30)13-25-10-14-5-15(11-25)7-16(6-14)12-25/h1-4,8-9,14-16H,5-7,10-13H2,(H,28,30). The zero-order chi connectivity index (χ0) is 21.2. The Labute approximate surface area is 191 Å². The monoisotopic (exact) mass is 454 g/mol. The van der Waals surface area contributed by atoms with Crippen molar-refractivity contribution >= 4 is 45.9 Å². The van der Waals surface area contributed by atoms with Gasteiger partial charge in [-0.25, -0.2) is 4.98 Å². The van der Waals surface area contributed by atoms with Crippen LogP contribution in [-0.4, -0.2) is 10.9 Å². The van der Waals surface area contributed by atoms with E-state index in [0.717, 1.165) is 23.3 Å². The number of anilines is 1. The van der Waals surface area contributed by atoms with Gasteiger partial charge < -0.3 is 9.73 Å². The summed E-state index contributed by atoms with van der Waals surface area (Å²) >= 11 is 12.5. The molecular formula is C25H24Cl2N2O2. The van der Waals surface area contributed by atoms with Gasteiger partial charge in [-0.1, -0.05) is 23.2 Å². The number of nitrogens with zero attached hydrogens (tertiary/aromatic N) is 1. The van der Waals surface area contributed by atoms with Gasteiger partial charge in [-0.15, -0.1) is 0 Å². The molecule has 1 N–H and O–H groups in total. The number of rotatable bonds is 4. The van der Waals surface area contributed by atoms with E-state index in [-0.39, 0.29) is 11.3 Å². The van der Waals surface area contributed by atoms with Crippen molar-refractivity contribution in [3.63, 3.8) is 0 Å². The molecule has 0 radical (unpaired) electrons. The number of hydrogen-bond donors (Lipinski definition) is 1. The highest BCUT2D eigenvalue weighted by Gasteiger charge is 2.51. The largest absolute Gasteiger partial charge is 0.436 e. The number of nitrogens with one attached hydrogen (secondary N) is 1. The smallest absolute Gasteiger partial charge is 0.227 e. The van der Waals surface area contributed by atoms with E-state index >= 15 is 0 Å². The lowest BCUT2D eigenvalue weighted by molar-refractivity contribution is -0.124. The SMILES string of the molecule is O=C(CC12CC3CC(CC(C3)C1)C2)Nc1cc(-c2nc3cc(Cl)ccc3o2)ccc1Cl. The van der Waals surface area contributed by atoms with E-state index in [0.29, 0.717) is 39.1 Å². The molecule has 4 saturated carbocycles. The summed E-state index contributed by atoms with van der Waals surface area (Å²) in [5.41, 5.74) is 2.94. The van der Waals surface area contributed by atoms with Crippen LogP contribution < -0.4 is 5.32 Å². The number of fused-ring (bicyclic) bond motifs is 1. The molecule has 7 rings (SSSR count). The first-order valence-corrected chi connectivity index (χ1v) is 11.9. The fourth-order valence-electron chi connectivity index (χ4n) is 6.82. The quantitative estimate of drug-likeness (QED) is 0.448. The molecule has 4 aliphatic rings. The molecule has 31 heavy (non-hydrogen) atoms. The van der Waals surface area contributed by atoms with Gasteiger partial charge in [0, 0.05) is 17.0 Å². The van der Waals surface area contributed by atoms with Crippen LogP contribution in [0.3, 0.4) is 0 Å². The topological polar surface area (TPSA) is 55.1 Å². The van der Waals surface area contributed by atoms with E-state index in [1.165, 1.54) is 38.5 Å². The molecule has 1 heterocycles.